The minimum absolute atomic E-state index is 0.00645. The van der Waals surface area contributed by atoms with E-state index in [-0.39, 0.29) is 17.5 Å². The van der Waals surface area contributed by atoms with Gasteiger partial charge in [-0.05, 0) is 122 Å². The molecule has 4 aliphatic rings. The van der Waals surface area contributed by atoms with Crippen molar-refractivity contribution in [1.29, 1.82) is 0 Å². The number of rotatable bonds is 16. The van der Waals surface area contributed by atoms with Gasteiger partial charge in [-0.1, -0.05) is 111 Å². The Hall–Kier alpha value is -1.77. The van der Waals surface area contributed by atoms with Crippen LogP contribution in [0, 0.1) is 46.3 Å². The van der Waals surface area contributed by atoms with Gasteiger partial charge >= 0.3 is 5.97 Å². The average molecular weight is 633 g/mol. The largest absolute Gasteiger partial charge is 0.494 e. The predicted octanol–water partition coefficient (Wildman–Crippen LogP) is 12.4. The van der Waals surface area contributed by atoms with Gasteiger partial charge in [-0.15, -0.1) is 0 Å². The molecule has 0 unspecified atom stereocenters. The van der Waals surface area contributed by atoms with E-state index in [2.05, 4.69) is 47.6 Å². The summed E-state index contributed by atoms with van der Waals surface area (Å²) in [6, 6.07) is 7.60. The number of fused-ring (bicyclic) bond motifs is 5. The lowest BCUT2D eigenvalue weighted by atomic mass is 9.47. The highest BCUT2D eigenvalue weighted by Gasteiger charge is 2.59. The Morgan fingerprint density at radius 1 is 0.848 bits per heavy atom. The molecule has 0 aliphatic heterocycles. The van der Waals surface area contributed by atoms with Gasteiger partial charge in [0.1, 0.15) is 11.9 Å². The van der Waals surface area contributed by atoms with Gasteiger partial charge in [0.2, 0.25) is 0 Å². The highest BCUT2D eigenvalue weighted by atomic mass is 16.5. The van der Waals surface area contributed by atoms with E-state index in [1.807, 2.05) is 24.3 Å². The lowest BCUT2D eigenvalue weighted by Gasteiger charge is -2.58. The Labute approximate surface area is 283 Å². The molecule has 46 heavy (non-hydrogen) atoms. The summed E-state index contributed by atoms with van der Waals surface area (Å²) in [6.07, 6.45) is 25.7. The zero-order valence-corrected chi connectivity index (χ0v) is 30.6. The highest BCUT2D eigenvalue weighted by molar-refractivity contribution is 5.89. The van der Waals surface area contributed by atoms with Crippen LogP contribution in [0.1, 0.15) is 167 Å². The first-order valence-corrected chi connectivity index (χ1v) is 19.8. The third-order valence-electron chi connectivity index (χ3n) is 13.6. The minimum Gasteiger partial charge on any atom is -0.494 e. The van der Waals surface area contributed by atoms with Crippen LogP contribution in [0.2, 0.25) is 0 Å². The molecule has 3 heteroatoms. The van der Waals surface area contributed by atoms with Gasteiger partial charge in [0.05, 0.1) is 12.2 Å². The molecular formula is C43H68O3. The third kappa shape index (κ3) is 8.08. The molecule has 0 spiro atoms. The summed E-state index contributed by atoms with van der Waals surface area (Å²) in [5.41, 5.74) is 3.03. The standard InChI is InChI=1S/C43H68O3/c1-7-8-9-10-11-12-13-29-45-35-20-17-33(18-21-35)41(44)46-36-25-27-42(5)34(30-36)19-22-37-39-24-23-38(32(4)16-14-15-31(2)3)43(39,6)28-26-40(37)42/h17-21,31-32,36-40H,7-16,22-30H2,1-6H3/t32-,36-,37+,38-,39+,40+,42-,43-/m0/s1. The maximum Gasteiger partial charge on any atom is 0.338 e. The molecule has 258 valence electrons. The highest BCUT2D eigenvalue weighted by Crippen LogP contribution is 2.67. The maximum absolute atomic E-state index is 13.2. The monoisotopic (exact) mass is 633 g/mol. The van der Waals surface area contributed by atoms with Crippen LogP contribution >= 0.6 is 0 Å². The van der Waals surface area contributed by atoms with Gasteiger partial charge in [-0.3, -0.25) is 0 Å². The van der Waals surface area contributed by atoms with Crippen LogP contribution < -0.4 is 4.74 Å². The molecule has 3 saturated carbocycles. The van der Waals surface area contributed by atoms with Crippen molar-refractivity contribution in [2.24, 2.45) is 46.3 Å². The fourth-order valence-electron chi connectivity index (χ4n) is 10.9. The number of unbranched alkanes of at least 4 members (excludes halogenated alkanes) is 6. The number of carbonyl (C=O) groups is 1. The number of carbonyl (C=O) groups excluding carboxylic acids is 1. The molecule has 0 radical (unpaired) electrons. The van der Waals surface area contributed by atoms with Crippen LogP contribution in [0.4, 0.5) is 0 Å². The maximum atomic E-state index is 13.2. The van der Waals surface area contributed by atoms with Gasteiger partial charge < -0.3 is 9.47 Å². The molecule has 3 fully saturated rings. The van der Waals surface area contributed by atoms with Gasteiger partial charge in [0.25, 0.3) is 0 Å². The molecular weight excluding hydrogens is 564 g/mol. The Bertz CT molecular complexity index is 1140. The van der Waals surface area contributed by atoms with Crippen molar-refractivity contribution in [3.63, 3.8) is 0 Å². The molecule has 0 N–H and O–H groups in total. The van der Waals surface area contributed by atoms with Crippen molar-refractivity contribution >= 4 is 5.97 Å². The van der Waals surface area contributed by atoms with Crippen LogP contribution in [-0.2, 0) is 4.74 Å². The lowest BCUT2D eigenvalue weighted by molar-refractivity contribution is -0.0594. The molecule has 1 aromatic carbocycles. The summed E-state index contributed by atoms with van der Waals surface area (Å²) in [7, 11) is 0. The van der Waals surface area contributed by atoms with Crippen molar-refractivity contribution in [2.45, 2.75) is 163 Å². The predicted molar refractivity (Wildman–Crippen MR) is 192 cm³/mol. The quantitative estimate of drug-likeness (QED) is 0.103. The average Bonchev–Trinajstić information content (AvgIpc) is 3.40. The molecule has 4 aliphatic carbocycles. The Morgan fingerprint density at radius 3 is 2.33 bits per heavy atom. The lowest BCUT2D eigenvalue weighted by Crippen LogP contribution is -2.51. The van der Waals surface area contributed by atoms with Crippen molar-refractivity contribution in [3.8, 4) is 5.75 Å². The number of ether oxygens (including phenoxy) is 2. The van der Waals surface area contributed by atoms with Crippen LogP contribution in [-0.4, -0.2) is 18.7 Å². The Balaban J connectivity index is 1.10. The second-order valence-electron chi connectivity index (χ2n) is 17.1. The van der Waals surface area contributed by atoms with E-state index in [9.17, 15) is 4.79 Å². The van der Waals surface area contributed by atoms with E-state index < -0.39 is 0 Å². The first-order chi connectivity index (χ1) is 22.2. The summed E-state index contributed by atoms with van der Waals surface area (Å²) in [5, 5.41) is 0. The van der Waals surface area contributed by atoms with E-state index in [0.29, 0.717) is 11.0 Å². The molecule has 0 heterocycles. The summed E-state index contributed by atoms with van der Waals surface area (Å²) >= 11 is 0. The molecule has 3 nitrogen and oxygen atoms in total. The Morgan fingerprint density at radius 2 is 1.59 bits per heavy atom. The third-order valence-corrected chi connectivity index (χ3v) is 13.6. The zero-order valence-electron chi connectivity index (χ0n) is 30.6. The number of allylic oxidation sites excluding steroid dienone is 1. The minimum atomic E-state index is -0.186. The summed E-state index contributed by atoms with van der Waals surface area (Å²) in [4.78, 5) is 13.2. The Kier molecular flexibility index (Phi) is 12.4. The molecule has 5 rings (SSSR count). The molecule has 0 saturated heterocycles. The second kappa shape index (κ2) is 16.1. The normalized spacial score (nSPS) is 32.7. The summed E-state index contributed by atoms with van der Waals surface area (Å²) in [6.45, 7) is 15.6. The van der Waals surface area contributed by atoms with Crippen molar-refractivity contribution in [2.75, 3.05) is 6.61 Å². The first-order valence-electron chi connectivity index (χ1n) is 19.8. The summed E-state index contributed by atoms with van der Waals surface area (Å²) < 4.78 is 12.1. The van der Waals surface area contributed by atoms with Crippen LogP contribution in [0.3, 0.4) is 0 Å². The van der Waals surface area contributed by atoms with Crippen molar-refractivity contribution in [3.05, 3.63) is 41.5 Å². The van der Waals surface area contributed by atoms with Gasteiger partial charge in [0, 0.05) is 6.42 Å². The van der Waals surface area contributed by atoms with Gasteiger partial charge in [0.15, 0.2) is 0 Å². The van der Waals surface area contributed by atoms with E-state index in [1.54, 1.807) is 5.57 Å². The van der Waals surface area contributed by atoms with Crippen molar-refractivity contribution in [1.82, 2.24) is 0 Å². The van der Waals surface area contributed by atoms with Crippen LogP contribution in [0.5, 0.6) is 5.75 Å². The second-order valence-corrected chi connectivity index (χ2v) is 17.1. The van der Waals surface area contributed by atoms with Crippen LogP contribution in [0.25, 0.3) is 0 Å². The van der Waals surface area contributed by atoms with E-state index in [4.69, 9.17) is 9.47 Å². The topological polar surface area (TPSA) is 35.5 Å². The first kappa shape index (κ1) is 35.5. The molecule has 0 bridgehead atoms. The van der Waals surface area contributed by atoms with E-state index in [0.717, 1.165) is 73.5 Å². The smallest absolute Gasteiger partial charge is 0.338 e. The molecule has 0 aromatic heterocycles. The number of hydrogen-bond acceptors (Lipinski definition) is 3. The fraction of sp³-hybridized carbons (Fsp3) is 0.791. The fourth-order valence-corrected chi connectivity index (χ4v) is 10.9. The molecule has 8 atom stereocenters. The van der Waals surface area contributed by atoms with Crippen LogP contribution in [0.15, 0.2) is 35.9 Å². The molecule has 0 amide bonds. The number of hydrogen-bond donors (Lipinski definition) is 0. The number of esters is 1. The van der Waals surface area contributed by atoms with E-state index >= 15 is 0 Å². The number of benzene rings is 1. The zero-order chi connectivity index (χ0) is 32.7. The molecule has 1 aromatic rings. The van der Waals surface area contributed by atoms with E-state index in [1.165, 1.54) is 89.9 Å². The SMILES string of the molecule is CCCCCCCCCOc1ccc(C(=O)O[C@H]2CC[C@@]3(C)C(=CC[C@@H]4[C@H]5CC[C@@H]([C@@H](C)CCCC(C)C)[C@]5(C)CC[C@H]43)C2)cc1. The summed E-state index contributed by atoms with van der Waals surface area (Å²) in [5.74, 6) is 5.77. The van der Waals surface area contributed by atoms with Crippen molar-refractivity contribution < 1.29 is 14.3 Å². The van der Waals surface area contributed by atoms with Gasteiger partial charge in [-0.2, -0.15) is 0 Å². The van der Waals surface area contributed by atoms with Gasteiger partial charge in [-0.25, -0.2) is 4.79 Å².